The van der Waals surface area contributed by atoms with E-state index in [1.807, 2.05) is 42.6 Å². The summed E-state index contributed by atoms with van der Waals surface area (Å²) in [6.45, 7) is 5.59. The first-order valence-corrected chi connectivity index (χ1v) is 11.6. The van der Waals surface area contributed by atoms with E-state index in [0.717, 1.165) is 39.2 Å². The van der Waals surface area contributed by atoms with Crippen molar-refractivity contribution >= 4 is 47.1 Å². The summed E-state index contributed by atoms with van der Waals surface area (Å²) in [7, 11) is -1.78. The van der Waals surface area contributed by atoms with E-state index in [2.05, 4.69) is 11.6 Å². The van der Waals surface area contributed by atoms with Gasteiger partial charge in [0.2, 0.25) is 0 Å². The molecule has 0 saturated heterocycles. The number of aryl methyl sites for hydroxylation is 1. The maximum Gasteiger partial charge on any atom is 0.266 e. The summed E-state index contributed by atoms with van der Waals surface area (Å²) in [6, 6.07) is 11.1. The number of hydrogen-bond acceptors (Lipinski definition) is 5. The third-order valence-corrected chi connectivity index (χ3v) is 7.07. The quantitative estimate of drug-likeness (QED) is 0.512. The third-order valence-electron chi connectivity index (χ3n) is 5.04. The van der Waals surface area contributed by atoms with Crippen LogP contribution >= 0.6 is 11.3 Å². The van der Waals surface area contributed by atoms with Gasteiger partial charge in [-0.25, -0.2) is 8.42 Å². The standard InChI is InChI=1S/C22H19NO4S2/c1-12-11-14(5-6-15(12)13(2)29(4,25)26)19-18(27-3)8-7-17-20(19)16-9-10-28-21(16)22(24)23-17/h5-11H,2H2,1,3-4H3,(H,23,24). The molecule has 5 nitrogen and oxygen atoms in total. The zero-order valence-electron chi connectivity index (χ0n) is 16.2. The number of aromatic nitrogens is 1. The maximum absolute atomic E-state index is 12.4. The summed E-state index contributed by atoms with van der Waals surface area (Å²) in [6.07, 6.45) is 1.15. The van der Waals surface area contributed by atoms with E-state index in [9.17, 15) is 13.2 Å². The molecule has 0 saturated carbocycles. The Bertz CT molecular complexity index is 1460. The predicted octanol–water partition coefficient (Wildman–Crippen LogP) is 4.74. The molecule has 4 aromatic rings. The molecule has 0 atom stereocenters. The minimum atomic E-state index is -3.39. The lowest BCUT2D eigenvalue weighted by atomic mass is 9.94. The molecule has 4 rings (SSSR count). The average Bonchev–Trinajstić information content (AvgIpc) is 3.16. The lowest BCUT2D eigenvalue weighted by Gasteiger charge is -2.15. The fourth-order valence-corrected chi connectivity index (χ4v) is 5.04. The fourth-order valence-electron chi connectivity index (χ4n) is 3.62. The first-order chi connectivity index (χ1) is 13.7. The van der Waals surface area contributed by atoms with Crippen molar-refractivity contribution in [3.8, 4) is 16.9 Å². The van der Waals surface area contributed by atoms with Gasteiger partial charge in [-0.3, -0.25) is 4.79 Å². The highest BCUT2D eigenvalue weighted by Crippen LogP contribution is 2.41. The normalized spacial score (nSPS) is 11.8. The SMILES string of the molecule is C=C(c1ccc(-c2c(OC)ccc3[nH]c(=O)c4sccc4c23)cc1C)S(C)(=O)=O. The van der Waals surface area contributed by atoms with Gasteiger partial charge in [-0.15, -0.1) is 11.3 Å². The molecule has 0 amide bonds. The lowest BCUT2D eigenvalue weighted by molar-refractivity contribution is 0.417. The molecule has 2 aromatic carbocycles. The van der Waals surface area contributed by atoms with Crippen molar-refractivity contribution in [2.24, 2.45) is 0 Å². The van der Waals surface area contributed by atoms with E-state index in [-0.39, 0.29) is 10.5 Å². The second kappa shape index (κ2) is 6.86. The Hall–Kier alpha value is -2.90. The zero-order valence-corrected chi connectivity index (χ0v) is 17.8. The van der Waals surface area contributed by atoms with Crippen LogP contribution in [0.5, 0.6) is 5.75 Å². The van der Waals surface area contributed by atoms with Crippen LogP contribution in [0.25, 0.3) is 37.0 Å². The second-order valence-corrected chi connectivity index (χ2v) is 9.86. The number of rotatable bonds is 4. The molecular weight excluding hydrogens is 406 g/mol. The number of thiophene rings is 1. The van der Waals surface area contributed by atoms with Crippen molar-refractivity contribution in [1.29, 1.82) is 0 Å². The van der Waals surface area contributed by atoms with Crippen LogP contribution in [-0.4, -0.2) is 26.8 Å². The van der Waals surface area contributed by atoms with Gasteiger partial charge in [-0.2, -0.15) is 0 Å². The van der Waals surface area contributed by atoms with Gasteiger partial charge in [0, 0.05) is 28.1 Å². The molecule has 0 aliphatic rings. The maximum atomic E-state index is 12.4. The van der Waals surface area contributed by atoms with Crippen molar-refractivity contribution in [2.75, 3.05) is 13.4 Å². The summed E-state index contributed by atoms with van der Waals surface area (Å²) >= 11 is 1.40. The van der Waals surface area contributed by atoms with Gasteiger partial charge in [-0.1, -0.05) is 24.8 Å². The van der Waals surface area contributed by atoms with Gasteiger partial charge < -0.3 is 9.72 Å². The van der Waals surface area contributed by atoms with Gasteiger partial charge in [0.05, 0.1) is 12.0 Å². The van der Waals surface area contributed by atoms with Gasteiger partial charge in [-0.05, 0) is 47.2 Å². The number of pyridine rings is 1. The Kier molecular flexibility index (Phi) is 4.59. The number of sulfone groups is 1. The van der Waals surface area contributed by atoms with Crippen molar-refractivity contribution in [3.05, 3.63) is 69.8 Å². The summed E-state index contributed by atoms with van der Waals surface area (Å²) in [5.41, 5.74) is 3.71. The minimum absolute atomic E-state index is 0.0935. The van der Waals surface area contributed by atoms with E-state index < -0.39 is 9.84 Å². The summed E-state index contributed by atoms with van der Waals surface area (Å²) in [4.78, 5) is 15.4. The average molecular weight is 426 g/mol. The van der Waals surface area contributed by atoms with Crippen molar-refractivity contribution in [3.63, 3.8) is 0 Å². The number of aromatic amines is 1. The van der Waals surface area contributed by atoms with Crippen molar-refractivity contribution < 1.29 is 13.2 Å². The molecule has 0 radical (unpaired) electrons. The summed E-state index contributed by atoms with van der Waals surface area (Å²) in [5, 5.41) is 3.66. The van der Waals surface area contributed by atoms with Crippen LogP contribution in [0, 0.1) is 6.92 Å². The monoisotopic (exact) mass is 425 g/mol. The highest BCUT2D eigenvalue weighted by molar-refractivity contribution is 7.99. The molecule has 7 heteroatoms. The van der Waals surface area contributed by atoms with E-state index in [1.54, 1.807) is 13.2 Å². The van der Waals surface area contributed by atoms with Gasteiger partial charge >= 0.3 is 0 Å². The molecule has 148 valence electrons. The van der Waals surface area contributed by atoms with E-state index in [4.69, 9.17) is 4.74 Å². The molecule has 2 heterocycles. The summed E-state index contributed by atoms with van der Waals surface area (Å²) < 4.78 is 30.1. The molecule has 0 fully saturated rings. The Balaban J connectivity index is 2.06. The first kappa shape index (κ1) is 19.4. The number of ether oxygens (including phenoxy) is 1. The van der Waals surface area contributed by atoms with Crippen LogP contribution in [0.2, 0.25) is 0 Å². The second-order valence-electron chi connectivity index (χ2n) is 6.91. The highest BCUT2D eigenvalue weighted by Gasteiger charge is 2.18. The van der Waals surface area contributed by atoms with Crippen LogP contribution in [-0.2, 0) is 9.84 Å². The molecule has 0 aliphatic heterocycles. The van der Waals surface area contributed by atoms with Gasteiger partial charge in [0.1, 0.15) is 10.4 Å². The predicted molar refractivity (Wildman–Crippen MR) is 121 cm³/mol. The Labute approximate surface area is 172 Å². The van der Waals surface area contributed by atoms with Crippen molar-refractivity contribution in [2.45, 2.75) is 6.92 Å². The fraction of sp³-hybridized carbons (Fsp3) is 0.136. The van der Waals surface area contributed by atoms with E-state index in [0.29, 0.717) is 16.0 Å². The highest BCUT2D eigenvalue weighted by atomic mass is 32.2. The van der Waals surface area contributed by atoms with Crippen LogP contribution in [0.15, 0.2) is 53.2 Å². The molecule has 1 N–H and O–H groups in total. The number of benzene rings is 2. The summed E-state index contributed by atoms with van der Waals surface area (Å²) in [5.74, 6) is 0.672. The van der Waals surface area contributed by atoms with Gasteiger partial charge in [0.15, 0.2) is 9.84 Å². The Morgan fingerprint density at radius 3 is 2.59 bits per heavy atom. The molecule has 29 heavy (non-hydrogen) atoms. The Morgan fingerprint density at radius 2 is 1.93 bits per heavy atom. The van der Waals surface area contributed by atoms with Crippen LogP contribution in [0.4, 0.5) is 0 Å². The molecule has 0 unspecified atom stereocenters. The lowest BCUT2D eigenvalue weighted by Crippen LogP contribution is -2.05. The third kappa shape index (κ3) is 3.16. The topological polar surface area (TPSA) is 76.2 Å². The molecule has 0 aliphatic carbocycles. The molecule has 2 aromatic heterocycles. The largest absolute Gasteiger partial charge is 0.496 e. The molecule has 0 bridgehead atoms. The zero-order chi connectivity index (χ0) is 20.9. The number of fused-ring (bicyclic) bond motifs is 3. The number of H-pyrrole nitrogens is 1. The van der Waals surface area contributed by atoms with Crippen LogP contribution in [0.1, 0.15) is 11.1 Å². The minimum Gasteiger partial charge on any atom is -0.496 e. The first-order valence-electron chi connectivity index (χ1n) is 8.83. The molecule has 0 spiro atoms. The number of methoxy groups -OCH3 is 1. The smallest absolute Gasteiger partial charge is 0.266 e. The van der Waals surface area contributed by atoms with Crippen molar-refractivity contribution in [1.82, 2.24) is 4.98 Å². The van der Waals surface area contributed by atoms with E-state index in [1.165, 1.54) is 11.3 Å². The number of nitrogens with one attached hydrogen (secondary N) is 1. The van der Waals surface area contributed by atoms with Gasteiger partial charge in [0.25, 0.3) is 5.56 Å². The molecular formula is C22H19NO4S2. The van der Waals surface area contributed by atoms with E-state index >= 15 is 0 Å². The van der Waals surface area contributed by atoms with Crippen LogP contribution in [0.3, 0.4) is 0 Å². The van der Waals surface area contributed by atoms with Crippen LogP contribution < -0.4 is 10.3 Å². The Morgan fingerprint density at radius 1 is 1.17 bits per heavy atom. The number of hydrogen-bond donors (Lipinski definition) is 1.